The van der Waals surface area contributed by atoms with Gasteiger partial charge in [-0.1, -0.05) is 12.1 Å². The highest BCUT2D eigenvalue weighted by Gasteiger charge is 2.42. The third-order valence-electron chi connectivity index (χ3n) is 5.86. The fourth-order valence-electron chi connectivity index (χ4n) is 4.05. The molecule has 1 saturated heterocycles. The molecule has 11 heteroatoms. The summed E-state index contributed by atoms with van der Waals surface area (Å²) in [6, 6.07) is 5.73. The molecule has 186 valence electrons. The first-order chi connectivity index (χ1) is 16.9. The van der Waals surface area contributed by atoms with E-state index < -0.39 is 30.1 Å². The SMILES string of the molecule is CCOC(=O)NC1=CC(N2CCOCC2)=CN2C(=O)C(O)C(C(=O)CCc3ccc(F)cc3)=NC12. The second kappa shape index (κ2) is 10.8. The standard InChI is InChI=1S/C24H27FN4O6/c1-2-35-24(33)26-18-13-17(28-9-11-34-12-10-28)14-29-22(18)27-20(21(31)23(29)32)19(30)8-5-15-3-6-16(25)7-4-15/h3-4,6-7,13-14,21-22,31H,2,5,8-12H2,1H3,(H,26,33). The summed E-state index contributed by atoms with van der Waals surface area (Å²) in [5.41, 5.74) is 1.34. The minimum absolute atomic E-state index is 0.0270. The zero-order chi connectivity index (χ0) is 24.9. The lowest BCUT2D eigenvalue weighted by Crippen LogP contribution is -2.55. The van der Waals surface area contributed by atoms with Crippen LogP contribution in [0.1, 0.15) is 18.9 Å². The topological polar surface area (TPSA) is 121 Å². The molecule has 10 nitrogen and oxygen atoms in total. The number of allylic oxidation sites excluding steroid dienone is 1. The van der Waals surface area contributed by atoms with Crippen molar-refractivity contribution in [3.8, 4) is 0 Å². The van der Waals surface area contributed by atoms with Gasteiger partial charge >= 0.3 is 6.09 Å². The van der Waals surface area contributed by atoms with Crippen molar-refractivity contribution in [1.82, 2.24) is 15.1 Å². The number of carbonyl (C=O) groups excluding carboxylic acids is 3. The molecule has 0 spiro atoms. The number of ether oxygens (including phenoxy) is 2. The maximum absolute atomic E-state index is 13.1. The van der Waals surface area contributed by atoms with E-state index in [9.17, 15) is 23.9 Å². The molecule has 0 bridgehead atoms. The van der Waals surface area contributed by atoms with Crippen molar-refractivity contribution in [3.63, 3.8) is 0 Å². The summed E-state index contributed by atoms with van der Waals surface area (Å²) in [6.07, 6.45) is -0.000531. The number of nitrogens with one attached hydrogen (secondary N) is 1. The number of hydrogen-bond acceptors (Lipinski definition) is 8. The van der Waals surface area contributed by atoms with Gasteiger partial charge in [0.1, 0.15) is 11.5 Å². The largest absolute Gasteiger partial charge is 0.450 e. The maximum Gasteiger partial charge on any atom is 0.411 e. The van der Waals surface area contributed by atoms with Crippen LogP contribution in [0.3, 0.4) is 0 Å². The monoisotopic (exact) mass is 486 g/mol. The second-order valence-electron chi connectivity index (χ2n) is 8.18. The van der Waals surface area contributed by atoms with Crippen LogP contribution in [0, 0.1) is 5.82 Å². The highest BCUT2D eigenvalue weighted by molar-refractivity contribution is 6.45. The fourth-order valence-corrected chi connectivity index (χ4v) is 4.05. The smallest absolute Gasteiger partial charge is 0.411 e. The molecule has 3 heterocycles. The molecule has 3 aliphatic heterocycles. The third-order valence-corrected chi connectivity index (χ3v) is 5.86. The number of carbonyl (C=O) groups is 3. The average molecular weight is 487 g/mol. The lowest BCUT2D eigenvalue weighted by atomic mass is 9.98. The zero-order valence-corrected chi connectivity index (χ0v) is 19.3. The molecule has 2 N–H and O–H groups in total. The van der Waals surface area contributed by atoms with Crippen LogP contribution < -0.4 is 5.32 Å². The van der Waals surface area contributed by atoms with Crippen LogP contribution in [-0.2, 0) is 25.5 Å². The van der Waals surface area contributed by atoms with E-state index >= 15 is 0 Å². The van der Waals surface area contributed by atoms with Gasteiger partial charge in [0.25, 0.3) is 5.91 Å². The number of fused-ring (bicyclic) bond motifs is 1. The van der Waals surface area contributed by atoms with E-state index in [-0.39, 0.29) is 36.7 Å². The average Bonchev–Trinajstić information content (AvgIpc) is 2.86. The Morgan fingerprint density at radius 3 is 2.66 bits per heavy atom. The predicted molar refractivity (Wildman–Crippen MR) is 123 cm³/mol. The van der Waals surface area contributed by atoms with Crippen LogP contribution in [0.4, 0.5) is 9.18 Å². The molecule has 0 aromatic heterocycles. The molecular weight excluding hydrogens is 459 g/mol. The Morgan fingerprint density at radius 1 is 1.26 bits per heavy atom. The van der Waals surface area contributed by atoms with Crippen molar-refractivity contribution < 1.29 is 33.4 Å². The molecule has 1 aromatic carbocycles. The van der Waals surface area contributed by atoms with E-state index in [1.54, 1.807) is 31.3 Å². The van der Waals surface area contributed by atoms with Gasteiger partial charge in [-0.05, 0) is 37.1 Å². The normalized spacial score (nSPS) is 22.0. The quantitative estimate of drug-likeness (QED) is 0.592. The Morgan fingerprint density at radius 2 is 1.97 bits per heavy atom. The van der Waals surface area contributed by atoms with Gasteiger partial charge in [-0.2, -0.15) is 0 Å². The summed E-state index contributed by atoms with van der Waals surface area (Å²) in [7, 11) is 0. The first-order valence-electron chi connectivity index (χ1n) is 11.4. The molecule has 2 atom stereocenters. The number of aliphatic hydroxyl groups excluding tert-OH is 1. The molecule has 2 unspecified atom stereocenters. The summed E-state index contributed by atoms with van der Waals surface area (Å²) in [6.45, 7) is 4.00. The van der Waals surface area contributed by atoms with Gasteiger partial charge in [0.15, 0.2) is 18.1 Å². The van der Waals surface area contributed by atoms with Crippen molar-refractivity contribution in [1.29, 1.82) is 0 Å². The maximum atomic E-state index is 13.1. The fraction of sp³-hybridized carbons (Fsp3) is 0.417. The Bertz CT molecular complexity index is 1080. The minimum atomic E-state index is -1.74. The Kier molecular flexibility index (Phi) is 7.57. The van der Waals surface area contributed by atoms with Crippen LogP contribution in [-0.4, -0.2) is 83.6 Å². The number of Topliss-reactive ketones (excluding diaryl/α,β-unsaturated/α-hetero) is 1. The first-order valence-corrected chi connectivity index (χ1v) is 11.4. The lowest BCUT2D eigenvalue weighted by molar-refractivity contribution is -0.137. The van der Waals surface area contributed by atoms with E-state index in [4.69, 9.17) is 9.47 Å². The molecule has 4 rings (SSSR count). The molecular formula is C24H27FN4O6. The summed E-state index contributed by atoms with van der Waals surface area (Å²) >= 11 is 0. The van der Waals surface area contributed by atoms with Gasteiger partial charge < -0.3 is 19.5 Å². The molecule has 2 amide bonds. The molecule has 3 aliphatic rings. The van der Waals surface area contributed by atoms with Gasteiger partial charge in [0.2, 0.25) is 0 Å². The number of aliphatic hydroxyl groups is 1. The number of amides is 2. The summed E-state index contributed by atoms with van der Waals surface area (Å²) < 4.78 is 23.5. The number of benzene rings is 1. The predicted octanol–water partition coefficient (Wildman–Crippen LogP) is 1.11. The molecule has 1 fully saturated rings. The van der Waals surface area contributed by atoms with Crippen molar-refractivity contribution in [2.75, 3.05) is 32.9 Å². The molecule has 0 radical (unpaired) electrons. The van der Waals surface area contributed by atoms with E-state index in [0.717, 1.165) is 5.56 Å². The number of morpholine rings is 1. The number of aryl methyl sites for hydroxylation is 1. The molecule has 0 saturated carbocycles. The van der Waals surface area contributed by atoms with Crippen molar-refractivity contribution >= 4 is 23.5 Å². The molecule has 0 aliphatic carbocycles. The van der Waals surface area contributed by atoms with E-state index in [0.29, 0.717) is 32.0 Å². The number of hydrogen-bond donors (Lipinski definition) is 2. The number of aliphatic imine (C=N–C) groups is 1. The van der Waals surface area contributed by atoms with Crippen molar-refractivity contribution in [2.45, 2.75) is 32.0 Å². The second-order valence-corrected chi connectivity index (χ2v) is 8.18. The van der Waals surface area contributed by atoms with Crippen LogP contribution in [0.15, 0.2) is 52.9 Å². The number of alkyl carbamates (subject to hydrolysis) is 1. The first kappa shape index (κ1) is 24.6. The van der Waals surface area contributed by atoms with Crippen LogP contribution in [0.5, 0.6) is 0 Å². The summed E-state index contributed by atoms with van der Waals surface area (Å²) in [5.74, 6) is -1.61. The van der Waals surface area contributed by atoms with E-state index in [1.807, 2.05) is 4.90 Å². The Hall–Kier alpha value is -3.57. The van der Waals surface area contributed by atoms with Crippen LogP contribution in [0.25, 0.3) is 0 Å². The Balaban J connectivity index is 1.59. The van der Waals surface area contributed by atoms with Crippen LogP contribution >= 0.6 is 0 Å². The number of rotatable bonds is 7. The summed E-state index contributed by atoms with van der Waals surface area (Å²) in [5, 5.41) is 13.3. The Labute approximate surface area is 201 Å². The van der Waals surface area contributed by atoms with E-state index in [1.165, 1.54) is 17.0 Å². The van der Waals surface area contributed by atoms with Gasteiger partial charge in [-0.25, -0.2) is 9.18 Å². The van der Waals surface area contributed by atoms with Gasteiger partial charge in [0.05, 0.1) is 31.2 Å². The lowest BCUT2D eigenvalue weighted by Gasteiger charge is -2.39. The van der Waals surface area contributed by atoms with Gasteiger partial charge in [-0.15, -0.1) is 0 Å². The highest BCUT2D eigenvalue weighted by Crippen LogP contribution is 2.28. The highest BCUT2D eigenvalue weighted by atomic mass is 19.1. The third kappa shape index (κ3) is 5.57. The number of ketones is 1. The van der Waals surface area contributed by atoms with Crippen LogP contribution in [0.2, 0.25) is 0 Å². The van der Waals surface area contributed by atoms with E-state index in [2.05, 4.69) is 10.3 Å². The van der Waals surface area contributed by atoms with Gasteiger partial charge in [0, 0.05) is 25.7 Å². The minimum Gasteiger partial charge on any atom is -0.450 e. The molecule has 1 aromatic rings. The summed E-state index contributed by atoms with van der Waals surface area (Å²) in [4.78, 5) is 45.8. The zero-order valence-electron chi connectivity index (χ0n) is 19.3. The van der Waals surface area contributed by atoms with Crippen molar-refractivity contribution in [3.05, 3.63) is 59.3 Å². The van der Waals surface area contributed by atoms with Gasteiger partial charge in [-0.3, -0.25) is 24.8 Å². The molecule has 35 heavy (non-hydrogen) atoms. The number of nitrogens with zero attached hydrogens (tertiary/aromatic N) is 3. The number of halogens is 1. The van der Waals surface area contributed by atoms with Crippen molar-refractivity contribution in [2.24, 2.45) is 4.99 Å².